The number of sulfonamides is 1. The van der Waals surface area contributed by atoms with E-state index in [9.17, 15) is 27.9 Å². The van der Waals surface area contributed by atoms with Crippen LogP contribution in [0.5, 0.6) is 11.5 Å². The van der Waals surface area contributed by atoms with Crippen molar-refractivity contribution < 1.29 is 31.8 Å². The summed E-state index contributed by atoms with van der Waals surface area (Å²) in [5.74, 6) is -0.162. The first-order valence-corrected chi connectivity index (χ1v) is 24.8. The number of alkyl halides is 1. The fraction of sp³-hybridized carbons (Fsp3) is 0.362. The molecule has 3 N–H and O–H groups in total. The van der Waals surface area contributed by atoms with E-state index in [4.69, 9.17) is 16.3 Å². The average Bonchev–Trinajstić information content (AvgIpc) is 3.75. The van der Waals surface area contributed by atoms with Crippen molar-refractivity contribution in [3.8, 4) is 11.5 Å². The number of nitrogens with one attached hydrogen (secondary N) is 3. The molecule has 18 heteroatoms. The quantitative estimate of drug-likeness (QED) is 0.0551. The van der Waals surface area contributed by atoms with E-state index in [1.165, 1.54) is 33.1 Å². The molecule has 5 aromatic rings. The number of nitrogens with zero attached hydrogens (tertiary/aromatic N) is 4. The summed E-state index contributed by atoms with van der Waals surface area (Å²) >= 11 is 3.99. The molecule has 342 valence electrons. The minimum atomic E-state index is -3.47. The second-order valence-electron chi connectivity index (χ2n) is 17.8. The smallest absolute Gasteiger partial charge is 0.297 e. The van der Waals surface area contributed by atoms with Crippen molar-refractivity contribution in [1.82, 2.24) is 23.9 Å². The number of fused-ring (bicyclic) bond motifs is 1. The minimum Gasteiger partial charge on any atom is -0.588 e. The molecule has 65 heavy (non-hydrogen) atoms. The van der Waals surface area contributed by atoms with E-state index in [0.717, 1.165) is 79.2 Å². The molecule has 1 unspecified atom stereocenters. The van der Waals surface area contributed by atoms with Crippen molar-refractivity contribution in [2.75, 3.05) is 50.8 Å². The van der Waals surface area contributed by atoms with E-state index < -0.39 is 43.6 Å². The van der Waals surface area contributed by atoms with Crippen LogP contribution in [0.1, 0.15) is 73.9 Å². The molecule has 1 atom stereocenters. The van der Waals surface area contributed by atoms with Crippen LogP contribution in [-0.2, 0) is 21.4 Å². The summed E-state index contributed by atoms with van der Waals surface area (Å²) in [7, 11) is -3.47. The number of hydrogen-bond donors (Lipinski definition) is 3. The highest BCUT2D eigenvalue weighted by Crippen LogP contribution is 2.44. The Morgan fingerprint density at radius 3 is 2.48 bits per heavy atom. The number of benzene rings is 3. The topological polar surface area (TPSA) is 186 Å². The molecule has 14 nitrogen and oxygen atoms in total. The molecule has 2 aliphatic heterocycles. The largest absolute Gasteiger partial charge is 0.588 e. The Morgan fingerprint density at radius 1 is 1.02 bits per heavy atom. The molecule has 0 bridgehead atoms. The van der Waals surface area contributed by atoms with E-state index in [1.807, 2.05) is 24.3 Å². The zero-order chi connectivity index (χ0) is 46.1. The van der Waals surface area contributed by atoms with E-state index in [0.29, 0.717) is 11.4 Å². The van der Waals surface area contributed by atoms with Gasteiger partial charge in [0, 0.05) is 55.9 Å². The summed E-state index contributed by atoms with van der Waals surface area (Å²) < 4.78 is 63.1. The number of piperidine rings is 1. The highest BCUT2D eigenvalue weighted by molar-refractivity contribution is 7.90. The Kier molecular flexibility index (Phi) is 13.4. The number of carbonyl (C=O) groups excluding carboxylic acids is 1. The van der Waals surface area contributed by atoms with Crippen LogP contribution in [0.25, 0.3) is 22.2 Å². The Bertz CT molecular complexity index is 2790. The summed E-state index contributed by atoms with van der Waals surface area (Å²) in [6.07, 6.45) is 10.3. The van der Waals surface area contributed by atoms with Crippen molar-refractivity contribution in [1.29, 1.82) is 0 Å². The van der Waals surface area contributed by atoms with E-state index in [1.54, 1.807) is 30.6 Å². The molecule has 3 aromatic carbocycles. The van der Waals surface area contributed by atoms with Gasteiger partial charge in [-0.05, 0) is 115 Å². The van der Waals surface area contributed by atoms with Gasteiger partial charge < -0.3 is 19.6 Å². The summed E-state index contributed by atoms with van der Waals surface area (Å²) in [5.41, 5.74) is 4.72. The SMILES string of the molecule is CC1(C)CCC(CN2CC=C(c3ccc(C(=O)N[S+]([O-])c4ccc(NCC5(F)CCN(S(C)(=O)=O)CC5)c([N+](=O)[O-])c4)c(Oc4cnc5[nH]ccc5c4)c3)CC2)=C(c2ccc(Cl)cc2)C1. The Hall–Kier alpha value is -5.30. The molecule has 2 aromatic heterocycles. The number of carbonyl (C=O) groups is 1. The number of hydrogen-bond acceptors (Lipinski definition) is 10. The molecule has 3 aliphatic rings. The van der Waals surface area contributed by atoms with Crippen LogP contribution < -0.4 is 14.8 Å². The monoisotopic (exact) mass is 943 g/mol. The number of aromatic amines is 1. The lowest BCUT2D eigenvalue weighted by Crippen LogP contribution is -2.47. The van der Waals surface area contributed by atoms with Crippen LogP contribution in [-0.4, -0.2) is 94.2 Å². The lowest BCUT2D eigenvalue weighted by Gasteiger charge is -2.36. The first-order chi connectivity index (χ1) is 30.9. The zero-order valence-electron chi connectivity index (χ0n) is 36.4. The lowest BCUT2D eigenvalue weighted by molar-refractivity contribution is -0.384. The maximum absolute atomic E-state index is 15.6. The molecule has 1 fully saturated rings. The molecule has 1 amide bonds. The Labute approximate surface area is 385 Å². The van der Waals surface area contributed by atoms with Crippen molar-refractivity contribution >= 4 is 72.4 Å². The second-order valence-corrected chi connectivity index (χ2v) is 21.5. The number of pyridine rings is 1. The number of halogens is 2. The van der Waals surface area contributed by atoms with Gasteiger partial charge in [-0.2, -0.15) is 4.72 Å². The first-order valence-electron chi connectivity index (χ1n) is 21.4. The highest BCUT2D eigenvalue weighted by Gasteiger charge is 2.38. The minimum absolute atomic E-state index is 0.00684. The number of allylic oxidation sites excluding steroid dienone is 1. The van der Waals surface area contributed by atoms with Gasteiger partial charge in [0.25, 0.3) is 11.6 Å². The third kappa shape index (κ3) is 11.0. The van der Waals surface area contributed by atoms with E-state index in [2.05, 4.69) is 57.0 Å². The summed E-state index contributed by atoms with van der Waals surface area (Å²) in [6, 6.07) is 20.8. The zero-order valence-corrected chi connectivity index (χ0v) is 38.8. The third-order valence-electron chi connectivity index (χ3n) is 12.5. The summed E-state index contributed by atoms with van der Waals surface area (Å²) in [6.45, 7) is 6.78. The van der Waals surface area contributed by atoms with E-state index in [-0.39, 0.29) is 59.8 Å². The Balaban J connectivity index is 0.990. The molecule has 0 saturated carbocycles. The summed E-state index contributed by atoms with van der Waals surface area (Å²) in [4.78, 5) is 35.3. The number of nitro groups is 1. The van der Waals surface area contributed by atoms with Gasteiger partial charge in [0.05, 0.1) is 29.0 Å². The van der Waals surface area contributed by atoms with Crippen LogP contribution in [0.2, 0.25) is 5.02 Å². The van der Waals surface area contributed by atoms with Crippen molar-refractivity contribution in [2.45, 2.75) is 62.9 Å². The number of ether oxygens (including phenoxy) is 1. The van der Waals surface area contributed by atoms with Gasteiger partial charge in [-0.3, -0.25) is 19.8 Å². The number of H-pyrrole nitrogens is 1. The van der Waals surface area contributed by atoms with Gasteiger partial charge in [0.15, 0.2) is 4.90 Å². The number of rotatable bonds is 14. The van der Waals surface area contributed by atoms with Crippen LogP contribution >= 0.6 is 11.6 Å². The van der Waals surface area contributed by atoms with Crippen molar-refractivity contribution in [3.63, 3.8) is 0 Å². The number of nitro benzene ring substituents is 1. The molecule has 0 spiro atoms. The third-order valence-corrected chi connectivity index (χ3v) is 15.1. The van der Waals surface area contributed by atoms with Gasteiger partial charge >= 0.3 is 0 Å². The van der Waals surface area contributed by atoms with Crippen LogP contribution in [0.4, 0.5) is 15.8 Å². The van der Waals surface area contributed by atoms with E-state index >= 15 is 4.39 Å². The lowest BCUT2D eigenvalue weighted by atomic mass is 9.72. The molecule has 1 aliphatic carbocycles. The van der Waals surface area contributed by atoms with Gasteiger partial charge in [-0.1, -0.05) is 55.3 Å². The Morgan fingerprint density at radius 2 is 1.77 bits per heavy atom. The predicted octanol–water partition coefficient (Wildman–Crippen LogP) is 9.30. The maximum atomic E-state index is 15.6. The normalized spacial score (nSPS) is 18.5. The fourth-order valence-corrected chi connectivity index (χ4v) is 10.5. The van der Waals surface area contributed by atoms with Crippen molar-refractivity contribution in [3.05, 3.63) is 129 Å². The van der Waals surface area contributed by atoms with Crippen LogP contribution in [0.3, 0.4) is 0 Å². The van der Waals surface area contributed by atoms with Crippen molar-refractivity contribution in [2.24, 2.45) is 5.41 Å². The molecule has 4 heterocycles. The standard InChI is InChI=1S/C47H51ClFN7O7S2/c1-46(2)16-12-35(40(27-46)32-4-7-36(48)8-5-32)29-54-20-14-31(15-21-54)33-6-10-39(43(25-33)63-37-24-34-13-19-50-44(34)51-28-37)45(57)53-64(60)38-9-11-41(42(26-38)56(58)59)52-30-47(49)17-22-55(23-18-47)65(3,61)62/h4-11,13-14,19,24-26,28,52H,12,15-18,20-23,27,29-30H2,1-3H3,(H,50,51)(H,53,57). The van der Waals surface area contributed by atoms with Gasteiger partial charge in [0.2, 0.25) is 10.0 Å². The molecule has 0 radical (unpaired) electrons. The fourth-order valence-electron chi connectivity index (χ4n) is 8.72. The highest BCUT2D eigenvalue weighted by atomic mass is 35.5. The van der Waals surface area contributed by atoms with Gasteiger partial charge in [0.1, 0.15) is 39.9 Å². The summed E-state index contributed by atoms with van der Waals surface area (Å²) in [5, 5.41) is 16.5. The van der Waals surface area contributed by atoms with Crippen LogP contribution in [0, 0.1) is 15.5 Å². The first kappa shape index (κ1) is 46.2. The number of aromatic nitrogens is 2. The molecular weight excluding hydrogens is 893 g/mol. The van der Waals surface area contributed by atoms with Crippen LogP contribution in [0.15, 0.2) is 102 Å². The predicted molar refractivity (Wildman–Crippen MR) is 253 cm³/mol. The van der Waals surface area contributed by atoms with Gasteiger partial charge in [-0.15, -0.1) is 0 Å². The van der Waals surface area contributed by atoms with Gasteiger partial charge in [-0.25, -0.2) is 22.1 Å². The molecular formula is C47H51ClFN7O7S2. The second kappa shape index (κ2) is 18.9. The average molecular weight is 945 g/mol. The molecule has 8 rings (SSSR count). The maximum Gasteiger partial charge on any atom is 0.297 e. The number of amides is 1. The molecule has 1 saturated heterocycles. The number of anilines is 1.